The minimum Gasteiger partial charge on any atom is -0.293 e. The van der Waals surface area contributed by atoms with Gasteiger partial charge < -0.3 is 0 Å². The van der Waals surface area contributed by atoms with Gasteiger partial charge in [0.15, 0.2) is 5.78 Å². The van der Waals surface area contributed by atoms with E-state index in [4.69, 9.17) is 5.26 Å². The van der Waals surface area contributed by atoms with Crippen LogP contribution in [-0.4, -0.2) is 5.78 Å². The Morgan fingerprint density at radius 1 is 1.39 bits per heavy atom. The molecule has 0 fully saturated rings. The van der Waals surface area contributed by atoms with Crippen LogP contribution in [-0.2, 0) is 5.41 Å². The molecule has 0 bridgehead atoms. The van der Waals surface area contributed by atoms with Crippen LogP contribution in [0.15, 0.2) is 18.2 Å². The molecule has 1 atom stereocenters. The number of carbonyl (C=O) groups is 1. The zero-order valence-electron chi connectivity index (χ0n) is 11.9. The lowest BCUT2D eigenvalue weighted by Gasteiger charge is -2.20. The Labute approximate surface area is 110 Å². The second kappa shape index (κ2) is 5.35. The Morgan fingerprint density at radius 2 is 2.00 bits per heavy atom. The van der Waals surface area contributed by atoms with Gasteiger partial charge >= 0.3 is 0 Å². The standard InChI is InChI=1S/C16H21NO/c1-6-12(10-17)15(18)14-8-7-13(9-11(14)2)16(3,4)5/h7-9,12H,6H2,1-5H3. The smallest absolute Gasteiger partial charge is 0.180 e. The predicted octanol–water partition coefficient (Wildman–Crippen LogP) is 4.03. The van der Waals surface area contributed by atoms with Gasteiger partial charge in [-0.2, -0.15) is 5.26 Å². The van der Waals surface area contributed by atoms with Crippen molar-refractivity contribution in [2.75, 3.05) is 0 Å². The number of Topliss-reactive ketones (excluding diaryl/α,β-unsaturated/α-hetero) is 1. The van der Waals surface area contributed by atoms with Crippen LogP contribution >= 0.6 is 0 Å². The average molecular weight is 243 g/mol. The number of carbonyl (C=O) groups excluding carboxylic acids is 1. The van der Waals surface area contributed by atoms with E-state index in [0.29, 0.717) is 12.0 Å². The second-order valence-electron chi connectivity index (χ2n) is 5.73. The molecule has 0 heterocycles. The van der Waals surface area contributed by atoms with Crippen LogP contribution in [0.2, 0.25) is 0 Å². The zero-order chi connectivity index (χ0) is 13.9. The van der Waals surface area contributed by atoms with Gasteiger partial charge in [-0.3, -0.25) is 4.79 Å². The lowest BCUT2D eigenvalue weighted by molar-refractivity contribution is 0.0946. The first-order chi connectivity index (χ1) is 8.31. The SMILES string of the molecule is CCC(C#N)C(=O)c1ccc(C(C)(C)C)cc1C. The van der Waals surface area contributed by atoms with Gasteiger partial charge in [0.2, 0.25) is 0 Å². The van der Waals surface area contributed by atoms with E-state index in [1.807, 2.05) is 26.0 Å². The van der Waals surface area contributed by atoms with Gasteiger partial charge in [0, 0.05) is 5.56 Å². The van der Waals surface area contributed by atoms with E-state index in [0.717, 1.165) is 5.56 Å². The fraction of sp³-hybridized carbons (Fsp3) is 0.500. The van der Waals surface area contributed by atoms with Gasteiger partial charge in [-0.15, -0.1) is 0 Å². The summed E-state index contributed by atoms with van der Waals surface area (Å²) in [5.41, 5.74) is 2.92. The van der Waals surface area contributed by atoms with Crippen molar-refractivity contribution >= 4 is 5.78 Å². The molecule has 96 valence electrons. The van der Waals surface area contributed by atoms with Gasteiger partial charge in [0.1, 0.15) is 5.92 Å². The molecule has 1 aromatic carbocycles. The van der Waals surface area contributed by atoms with E-state index < -0.39 is 5.92 Å². The highest BCUT2D eigenvalue weighted by Crippen LogP contribution is 2.25. The zero-order valence-corrected chi connectivity index (χ0v) is 11.9. The molecule has 0 saturated heterocycles. The molecule has 1 aromatic rings. The predicted molar refractivity (Wildman–Crippen MR) is 73.6 cm³/mol. The van der Waals surface area contributed by atoms with Crippen molar-refractivity contribution in [2.24, 2.45) is 5.92 Å². The van der Waals surface area contributed by atoms with E-state index in [-0.39, 0.29) is 11.2 Å². The van der Waals surface area contributed by atoms with Gasteiger partial charge in [0.25, 0.3) is 0 Å². The van der Waals surface area contributed by atoms with Crippen LogP contribution in [0.5, 0.6) is 0 Å². The maximum absolute atomic E-state index is 12.2. The Morgan fingerprint density at radius 3 is 2.39 bits per heavy atom. The van der Waals surface area contributed by atoms with Crippen LogP contribution in [0, 0.1) is 24.2 Å². The fourth-order valence-electron chi connectivity index (χ4n) is 1.93. The summed E-state index contributed by atoms with van der Waals surface area (Å²) >= 11 is 0. The van der Waals surface area contributed by atoms with Crippen molar-refractivity contribution < 1.29 is 4.79 Å². The summed E-state index contributed by atoms with van der Waals surface area (Å²) in [5, 5.41) is 8.96. The number of ketones is 1. The van der Waals surface area contributed by atoms with Crippen LogP contribution < -0.4 is 0 Å². The molecule has 0 aliphatic heterocycles. The second-order valence-corrected chi connectivity index (χ2v) is 5.73. The first-order valence-electron chi connectivity index (χ1n) is 6.36. The van der Waals surface area contributed by atoms with Crippen molar-refractivity contribution in [3.63, 3.8) is 0 Å². The lowest BCUT2D eigenvalue weighted by Crippen LogP contribution is -2.16. The number of hydrogen-bond donors (Lipinski definition) is 0. The first-order valence-corrected chi connectivity index (χ1v) is 6.36. The van der Waals surface area contributed by atoms with Crippen molar-refractivity contribution in [1.29, 1.82) is 5.26 Å². The minimum atomic E-state index is -0.524. The largest absolute Gasteiger partial charge is 0.293 e. The van der Waals surface area contributed by atoms with Crippen LogP contribution in [0.3, 0.4) is 0 Å². The average Bonchev–Trinajstić information content (AvgIpc) is 2.29. The quantitative estimate of drug-likeness (QED) is 0.752. The molecule has 0 aromatic heterocycles. The number of nitriles is 1. The molecular formula is C16H21NO. The van der Waals surface area contributed by atoms with Gasteiger partial charge in [-0.1, -0.05) is 45.9 Å². The summed E-state index contributed by atoms with van der Waals surface area (Å²) in [7, 11) is 0. The van der Waals surface area contributed by atoms with Gasteiger partial charge in [-0.05, 0) is 29.9 Å². The Hall–Kier alpha value is -1.62. The molecule has 0 aliphatic carbocycles. The maximum Gasteiger partial charge on any atom is 0.180 e. The van der Waals surface area contributed by atoms with E-state index in [2.05, 4.69) is 32.9 Å². The number of benzene rings is 1. The third-order valence-electron chi connectivity index (χ3n) is 3.24. The first kappa shape index (κ1) is 14.4. The summed E-state index contributed by atoms with van der Waals surface area (Å²) < 4.78 is 0. The molecular weight excluding hydrogens is 222 g/mol. The van der Waals surface area contributed by atoms with Crippen LogP contribution in [0.25, 0.3) is 0 Å². The summed E-state index contributed by atoms with van der Waals surface area (Å²) in [5.74, 6) is -0.581. The molecule has 18 heavy (non-hydrogen) atoms. The Kier molecular flexibility index (Phi) is 4.29. The van der Waals surface area contributed by atoms with E-state index in [1.165, 1.54) is 5.56 Å². The van der Waals surface area contributed by atoms with E-state index >= 15 is 0 Å². The summed E-state index contributed by atoms with van der Waals surface area (Å²) in [4.78, 5) is 12.2. The van der Waals surface area contributed by atoms with E-state index in [1.54, 1.807) is 0 Å². The molecule has 2 heteroatoms. The molecule has 0 radical (unpaired) electrons. The Balaban J connectivity index is 3.15. The lowest BCUT2D eigenvalue weighted by atomic mass is 9.84. The van der Waals surface area contributed by atoms with Crippen molar-refractivity contribution in [3.05, 3.63) is 34.9 Å². The third-order valence-corrected chi connectivity index (χ3v) is 3.24. The van der Waals surface area contributed by atoms with Crippen LogP contribution in [0.1, 0.15) is 55.6 Å². The highest BCUT2D eigenvalue weighted by atomic mass is 16.1. The number of hydrogen-bond acceptors (Lipinski definition) is 2. The highest BCUT2D eigenvalue weighted by molar-refractivity contribution is 6.00. The van der Waals surface area contributed by atoms with Crippen molar-refractivity contribution in [3.8, 4) is 6.07 Å². The summed E-state index contributed by atoms with van der Waals surface area (Å²) in [6.07, 6.45) is 0.565. The minimum absolute atomic E-state index is 0.0574. The van der Waals surface area contributed by atoms with Gasteiger partial charge in [-0.25, -0.2) is 0 Å². The molecule has 0 spiro atoms. The van der Waals surface area contributed by atoms with E-state index in [9.17, 15) is 4.79 Å². The molecule has 0 saturated carbocycles. The molecule has 0 aliphatic rings. The molecule has 0 N–H and O–H groups in total. The monoisotopic (exact) mass is 243 g/mol. The topological polar surface area (TPSA) is 40.9 Å². The molecule has 0 amide bonds. The normalized spacial score (nSPS) is 12.9. The summed E-state index contributed by atoms with van der Waals surface area (Å²) in [6.45, 7) is 10.2. The van der Waals surface area contributed by atoms with Crippen LogP contribution in [0.4, 0.5) is 0 Å². The number of nitrogens with zero attached hydrogens (tertiary/aromatic N) is 1. The third kappa shape index (κ3) is 2.98. The molecule has 2 nitrogen and oxygen atoms in total. The van der Waals surface area contributed by atoms with Crippen molar-refractivity contribution in [1.82, 2.24) is 0 Å². The summed E-state index contributed by atoms with van der Waals surface area (Å²) in [6, 6.07) is 7.98. The molecule has 1 unspecified atom stereocenters. The fourth-order valence-corrected chi connectivity index (χ4v) is 1.93. The maximum atomic E-state index is 12.2. The molecule has 1 rings (SSSR count). The van der Waals surface area contributed by atoms with Crippen molar-refractivity contribution in [2.45, 2.75) is 46.5 Å². The van der Waals surface area contributed by atoms with Gasteiger partial charge in [0.05, 0.1) is 6.07 Å². The number of rotatable bonds is 3. The Bertz CT molecular complexity index is 489. The highest BCUT2D eigenvalue weighted by Gasteiger charge is 2.21. The number of aryl methyl sites for hydroxylation is 1.